The van der Waals surface area contributed by atoms with Crippen molar-refractivity contribution in [1.82, 2.24) is 10.2 Å². The molecule has 1 aromatic carbocycles. The molecular weight excluding hydrogens is 228 g/mol. The van der Waals surface area contributed by atoms with Gasteiger partial charge in [0.15, 0.2) is 0 Å². The van der Waals surface area contributed by atoms with Crippen LogP contribution < -0.4 is 14.8 Å². The van der Waals surface area contributed by atoms with E-state index < -0.39 is 0 Å². The molecule has 0 aliphatic carbocycles. The molecule has 18 heavy (non-hydrogen) atoms. The molecule has 0 aromatic heterocycles. The number of ether oxygens (including phenoxy) is 2. The van der Waals surface area contributed by atoms with E-state index in [4.69, 9.17) is 9.47 Å². The lowest BCUT2D eigenvalue weighted by atomic mass is 10.0. The molecule has 0 radical (unpaired) electrons. The van der Waals surface area contributed by atoms with Gasteiger partial charge in [0.1, 0.15) is 11.5 Å². The van der Waals surface area contributed by atoms with Crippen LogP contribution in [-0.4, -0.2) is 46.3 Å². The largest absolute Gasteiger partial charge is 0.497 e. The van der Waals surface area contributed by atoms with Gasteiger partial charge in [0.2, 0.25) is 0 Å². The second-order valence-electron chi connectivity index (χ2n) is 4.48. The van der Waals surface area contributed by atoms with Gasteiger partial charge in [-0.15, -0.1) is 0 Å². The minimum Gasteiger partial charge on any atom is -0.497 e. The average Bonchev–Trinajstić information content (AvgIpc) is 2.37. The number of likely N-dealkylation sites (N-methyl/N-ethyl adjacent to an activating group) is 2. The van der Waals surface area contributed by atoms with Gasteiger partial charge in [0.05, 0.1) is 14.2 Å². The van der Waals surface area contributed by atoms with Crippen LogP contribution in [0.25, 0.3) is 0 Å². The highest BCUT2D eigenvalue weighted by Gasteiger charge is 2.16. The lowest BCUT2D eigenvalue weighted by Gasteiger charge is -2.24. The lowest BCUT2D eigenvalue weighted by molar-refractivity contribution is 0.332. The van der Waals surface area contributed by atoms with Crippen molar-refractivity contribution in [2.45, 2.75) is 13.0 Å². The monoisotopic (exact) mass is 252 g/mol. The number of nitrogens with zero attached hydrogens (tertiary/aromatic N) is 1. The summed E-state index contributed by atoms with van der Waals surface area (Å²) in [5.74, 6) is 1.68. The van der Waals surface area contributed by atoms with Gasteiger partial charge in [-0.25, -0.2) is 0 Å². The van der Waals surface area contributed by atoms with Gasteiger partial charge in [0.25, 0.3) is 0 Å². The highest BCUT2D eigenvalue weighted by molar-refractivity contribution is 5.42. The molecular formula is C14H24N2O2. The van der Waals surface area contributed by atoms with Gasteiger partial charge in [0, 0.05) is 24.2 Å². The first-order chi connectivity index (χ1) is 8.62. The molecule has 1 atom stereocenters. The van der Waals surface area contributed by atoms with Gasteiger partial charge < -0.3 is 19.7 Å². The summed E-state index contributed by atoms with van der Waals surface area (Å²) >= 11 is 0. The van der Waals surface area contributed by atoms with Crippen LogP contribution in [0.3, 0.4) is 0 Å². The van der Waals surface area contributed by atoms with E-state index in [2.05, 4.69) is 37.3 Å². The predicted molar refractivity (Wildman–Crippen MR) is 74.5 cm³/mol. The van der Waals surface area contributed by atoms with E-state index in [1.807, 2.05) is 12.1 Å². The standard InChI is InChI=1S/C14H24N2O2/c1-6-15-13(10-16(2)3)12-8-7-11(17-4)9-14(12)18-5/h7-9,13,15H,6,10H2,1-5H3. The van der Waals surface area contributed by atoms with E-state index in [1.54, 1.807) is 14.2 Å². The van der Waals surface area contributed by atoms with Crippen LogP contribution >= 0.6 is 0 Å². The Kier molecular flexibility index (Phi) is 5.95. The van der Waals surface area contributed by atoms with Crippen LogP contribution in [0.4, 0.5) is 0 Å². The van der Waals surface area contributed by atoms with Gasteiger partial charge in [-0.05, 0) is 26.7 Å². The molecule has 0 bridgehead atoms. The fourth-order valence-electron chi connectivity index (χ4n) is 1.99. The third-order valence-electron chi connectivity index (χ3n) is 2.81. The SMILES string of the molecule is CCNC(CN(C)C)c1ccc(OC)cc1OC. The molecule has 0 saturated heterocycles. The number of hydrogen-bond donors (Lipinski definition) is 1. The number of nitrogens with one attached hydrogen (secondary N) is 1. The Balaban J connectivity index is 3.02. The van der Waals surface area contributed by atoms with Gasteiger partial charge in [-0.1, -0.05) is 13.0 Å². The summed E-state index contributed by atoms with van der Waals surface area (Å²) in [6, 6.07) is 6.22. The van der Waals surface area contributed by atoms with E-state index in [9.17, 15) is 0 Å². The third-order valence-corrected chi connectivity index (χ3v) is 2.81. The Morgan fingerprint density at radius 2 is 1.94 bits per heavy atom. The quantitative estimate of drug-likeness (QED) is 0.804. The van der Waals surface area contributed by atoms with Crippen LogP contribution in [0.15, 0.2) is 18.2 Å². The number of rotatable bonds is 7. The van der Waals surface area contributed by atoms with Crippen LogP contribution in [-0.2, 0) is 0 Å². The molecule has 4 nitrogen and oxygen atoms in total. The Bertz CT molecular complexity index is 367. The van der Waals surface area contributed by atoms with E-state index >= 15 is 0 Å². The first-order valence-corrected chi connectivity index (χ1v) is 6.22. The molecule has 0 amide bonds. The minimum atomic E-state index is 0.255. The topological polar surface area (TPSA) is 33.7 Å². The van der Waals surface area contributed by atoms with Gasteiger partial charge in [-0.3, -0.25) is 0 Å². The van der Waals surface area contributed by atoms with Crippen molar-refractivity contribution in [3.63, 3.8) is 0 Å². The van der Waals surface area contributed by atoms with E-state index in [1.165, 1.54) is 0 Å². The van der Waals surface area contributed by atoms with Gasteiger partial charge in [-0.2, -0.15) is 0 Å². The smallest absolute Gasteiger partial charge is 0.127 e. The minimum absolute atomic E-state index is 0.255. The molecule has 0 fully saturated rings. The van der Waals surface area contributed by atoms with Crippen molar-refractivity contribution in [3.05, 3.63) is 23.8 Å². The van der Waals surface area contributed by atoms with Crippen LogP contribution in [0.1, 0.15) is 18.5 Å². The second-order valence-corrected chi connectivity index (χ2v) is 4.48. The summed E-state index contributed by atoms with van der Waals surface area (Å²) in [6.45, 7) is 3.96. The fraction of sp³-hybridized carbons (Fsp3) is 0.571. The van der Waals surface area contributed by atoms with Crippen molar-refractivity contribution in [2.24, 2.45) is 0 Å². The molecule has 1 N–H and O–H groups in total. The van der Waals surface area contributed by atoms with Crippen LogP contribution in [0.5, 0.6) is 11.5 Å². The zero-order chi connectivity index (χ0) is 13.5. The molecule has 4 heteroatoms. The van der Waals surface area contributed by atoms with E-state index in [0.717, 1.165) is 30.2 Å². The number of hydrogen-bond acceptors (Lipinski definition) is 4. The summed E-state index contributed by atoms with van der Waals surface area (Å²) in [6.07, 6.45) is 0. The molecule has 102 valence electrons. The number of benzene rings is 1. The molecule has 0 aliphatic rings. The second kappa shape index (κ2) is 7.24. The summed E-state index contributed by atoms with van der Waals surface area (Å²) in [5.41, 5.74) is 1.16. The summed E-state index contributed by atoms with van der Waals surface area (Å²) in [4.78, 5) is 2.16. The lowest BCUT2D eigenvalue weighted by Crippen LogP contribution is -2.31. The molecule has 0 saturated carbocycles. The Morgan fingerprint density at radius 3 is 2.44 bits per heavy atom. The third kappa shape index (κ3) is 3.89. The maximum atomic E-state index is 5.46. The Morgan fingerprint density at radius 1 is 1.22 bits per heavy atom. The molecule has 1 unspecified atom stereocenters. The van der Waals surface area contributed by atoms with Crippen molar-refractivity contribution < 1.29 is 9.47 Å². The number of methoxy groups -OCH3 is 2. The summed E-state index contributed by atoms with van der Waals surface area (Å²) in [7, 11) is 7.49. The summed E-state index contributed by atoms with van der Waals surface area (Å²) in [5, 5.41) is 3.48. The predicted octanol–water partition coefficient (Wildman–Crippen LogP) is 1.92. The molecule has 0 heterocycles. The molecule has 0 spiro atoms. The zero-order valence-corrected chi connectivity index (χ0v) is 12.0. The fourth-order valence-corrected chi connectivity index (χ4v) is 1.99. The maximum Gasteiger partial charge on any atom is 0.127 e. The molecule has 1 rings (SSSR count). The van der Waals surface area contributed by atoms with Crippen LogP contribution in [0, 0.1) is 0 Å². The van der Waals surface area contributed by atoms with Crippen molar-refractivity contribution in [2.75, 3.05) is 41.4 Å². The van der Waals surface area contributed by atoms with E-state index in [0.29, 0.717) is 0 Å². The average molecular weight is 252 g/mol. The first-order valence-electron chi connectivity index (χ1n) is 6.22. The van der Waals surface area contributed by atoms with Gasteiger partial charge >= 0.3 is 0 Å². The summed E-state index contributed by atoms with van der Waals surface area (Å²) < 4.78 is 10.7. The van der Waals surface area contributed by atoms with Crippen LogP contribution in [0.2, 0.25) is 0 Å². The highest BCUT2D eigenvalue weighted by atomic mass is 16.5. The van der Waals surface area contributed by atoms with Crippen molar-refractivity contribution in [1.29, 1.82) is 0 Å². The first kappa shape index (κ1) is 14.8. The van der Waals surface area contributed by atoms with E-state index in [-0.39, 0.29) is 6.04 Å². The Labute approximate surface area is 110 Å². The van der Waals surface area contributed by atoms with Crippen molar-refractivity contribution in [3.8, 4) is 11.5 Å². The normalized spacial score (nSPS) is 12.6. The maximum absolute atomic E-state index is 5.46. The molecule has 0 aliphatic heterocycles. The Hall–Kier alpha value is -1.26. The zero-order valence-electron chi connectivity index (χ0n) is 12.0. The van der Waals surface area contributed by atoms with Crippen molar-refractivity contribution >= 4 is 0 Å². The highest BCUT2D eigenvalue weighted by Crippen LogP contribution is 2.29. The molecule has 1 aromatic rings.